The molecular formula is C29H39FN6S. The van der Waals surface area contributed by atoms with Gasteiger partial charge in [-0.1, -0.05) is 57.2 Å². The van der Waals surface area contributed by atoms with Gasteiger partial charge in [0.1, 0.15) is 18.5 Å². The third-order valence-corrected chi connectivity index (χ3v) is 5.68. The van der Waals surface area contributed by atoms with Gasteiger partial charge in [-0.15, -0.1) is 11.8 Å². The Morgan fingerprint density at radius 3 is 2.51 bits per heavy atom. The molecular weight excluding hydrogens is 483 g/mol. The monoisotopic (exact) mass is 522 g/mol. The summed E-state index contributed by atoms with van der Waals surface area (Å²) in [5, 5.41) is 11.4. The van der Waals surface area contributed by atoms with Crippen LogP contribution < -0.4 is 0 Å². The van der Waals surface area contributed by atoms with Crippen LogP contribution in [0.4, 0.5) is 4.39 Å². The van der Waals surface area contributed by atoms with Crippen molar-refractivity contribution < 1.29 is 4.39 Å². The predicted octanol–water partition coefficient (Wildman–Crippen LogP) is 8.47. The van der Waals surface area contributed by atoms with E-state index in [9.17, 15) is 4.39 Å². The average molecular weight is 523 g/mol. The molecule has 0 spiro atoms. The number of hydrogen-bond donors (Lipinski definition) is 1. The van der Waals surface area contributed by atoms with Crippen LogP contribution in [0.3, 0.4) is 0 Å². The van der Waals surface area contributed by atoms with Crippen molar-refractivity contribution in [1.82, 2.24) is 29.9 Å². The topological polar surface area (TPSA) is 72.3 Å². The molecule has 0 saturated heterocycles. The summed E-state index contributed by atoms with van der Waals surface area (Å²) in [6, 6.07) is 3.91. The minimum atomic E-state index is -0.144. The minimum absolute atomic E-state index is 0.144. The molecule has 0 fully saturated rings. The first-order valence-electron chi connectivity index (χ1n) is 12.4. The number of nitrogens with one attached hydrogen (secondary N) is 1. The zero-order valence-electron chi connectivity index (χ0n) is 22.8. The van der Waals surface area contributed by atoms with E-state index in [0.29, 0.717) is 0 Å². The van der Waals surface area contributed by atoms with E-state index in [1.54, 1.807) is 41.8 Å². The van der Waals surface area contributed by atoms with Crippen molar-refractivity contribution >= 4 is 11.8 Å². The summed E-state index contributed by atoms with van der Waals surface area (Å²) in [6.45, 7) is 15.8. The summed E-state index contributed by atoms with van der Waals surface area (Å²) in [4.78, 5) is 9.48. The Bertz CT molecular complexity index is 1150. The van der Waals surface area contributed by atoms with Crippen LogP contribution in [0.1, 0.15) is 54.4 Å². The number of halogens is 1. The third-order valence-electron chi connectivity index (χ3n) is 4.58. The van der Waals surface area contributed by atoms with Crippen LogP contribution in [0, 0.1) is 0 Å². The smallest absolute Gasteiger partial charge is 0.155 e. The molecule has 3 aromatic rings. The molecule has 3 rings (SSSR count). The lowest BCUT2D eigenvalue weighted by Gasteiger charge is -2.05. The van der Waals surface area contributed by atoms with E-state index in [2.05, 4.69) is 57.8 Å². The van der Waals surface area contributed by atoms with Gasteiger partial charge >= 0.3 is 0 Å². The van der Waals surface area contributed by atoms with Gasteiger partial charge in [0.2, 0.25) is 0 Å². The highest BCUT2D eigenvalue weighted by molar-refractivity contribution is 7.99. The molecule has 37 heavy (non-hydrogen) atoms. The molecule has 0 amide bonds. The maximum atomic E-state index is 12.2. The summed E-state index contributed by atoms with van der Waals surface area (Å²) in [7, 11) is 0. The van der Waals surface area contributed by atoms with Crippen LogP contribution in [0.5, 0.6) is 0 Å². The Hall–Kier alpha value is -3.52. The quantitative estimate of drug-likeness (QED) is 0.164. The largest absolute Gasteiger partial charge is 0.277 e. The molecule has 0 saturated carbocycles. The Morgan fingerprint density at radius 1 is 1.16 bits per heavy atom. The first-order valence-corrected chi connectivity index (χ1v) is 13.4. The maximum absolute atomic E-state index is 12.2. The predicted molar refractivity (Wildman–Crippen MR) is 155 cm³/mol. The van der Waals surface area contributed by atoms with E-state index in [-0.39, 0.29) is 5.83 Å². The molecule has 0 aromatic carbocycles. The number of nitrogens with zero attached hydrogens (tertiary/aromatic N) is 5. The first-order chi connectivity index (χ1) is 18.0. The van der Waals surface area contributed by atoms with Gasteiger partial charge in [0.25, 0.3) is 0 Å². The lowest BCUT2D eigenvalue weighted by Crippen LogP contribution is -1.97. The molecule has 0 unspecified atom stereocenters. The minimum Gasteiger partial charge on any atom is -0.277 e. The van der Waals surface area contributed by atoms with E-state index < -0.39 is 0 Å². The Kier molecular flexibility index (Phi) is 15.9. The molecule has 0 aliphatic heterocycles. The van der Waals surface area contributed by atoms with E-state index in [4.69, 9.17) is 0 Å². The van der Waals surface area contributed by atoms with Gasteiger partial charge in [-0.2, -0.15) is 10.2 Å². The lowest BCUT2D eigenvalue weighted by atomic mass is 10.2. The molecule has 3 aromatic heterocycles. The number of H-pyrrole nitrogens is 1. The van der Waals surface area contributed by atoms with Crippen molar-refractivity contribution in [2.45, 2.75) is 59.3 Å². The number of allylic oxidation sites excluding steroid dienone is 8. The van der Waals surface area contributed by atoms with Crippen molar-refractivity contribution in [1.29, 1.82) is 0 Å². The normalized spacial score (nSPS) is 11.3. The fourth-order valence-corrected chi connectivity index (χ4v) is 3.81. The maximum Gasteiger partial charge on any atom is 0.155 e. The highest BCUT2D eigenvalue weighted by Gasteiger charge is 2.10. The highest BCUT2D eigenvalue weighted by atomic mass is 32.2. The molecule has 6 nitrogen and oxygen atoms in total. The fraction of sp³-hybridized carbons (Fsp3) is 0.310. The van der Waals surface area contributed by atoms with Crippen molar-refractivity contribution in [2.75, 3.05) is 5.75 Å². The summed E-state index contributed by atoms with van der Waals surface area (Å²) < 4.78 is 13.8. The highest BCUT2D eigenvalue weighted by Crippen LogP contribution is 2.30. The second-order valence-corrected chi connectivity index (χ2v) is 8.66. The second-order valence-electron chi connectivity index (χ2n) is 7.64. The molecule has 198 valence electrons. The molecule has 1 N–H and O–H groups in total. The van der Waals surface area contributed by atoms with Crippen molar-refractivity contribution in [3.63, 3.8) is 0 Å². The molecule has 0 bridgehead atoms. The fourth-order valence-electron chi connectivity index (χ4n) is 2.82. The summed E-state index contributed by atoms with van der Waals surface area (Å²) in [5.41, 5.74) is 4.48. The molecule has 0 aliphatic rings. The van der Waals surface area contributed by atoms with Crippen molar-refractivity contribution in [2.24, 2.45) is 0 Å². The second kappa shape index (κ2) is 18.7. The van der Waals surface area contributed by atoms with Crippen LogP contribution in [0.2, 0.25) is 0 Å². The van der Waals surface area contributed by atoms with Crippen molar-refractivity contribution in [3.8, 4) is 17.1 Å². The van der Waals surface area contributed by atoms with E-state index in [1.807, 2.05) is 51.4 Å². The molecule has 3 heterocycles. The number of hydrogen-bond acceptors (Lipinski definition) is 5. The van der Waals surface area contributed by atoms with Crippen LogP contribution in [0.25, 0.3) is 17.1 Å². The zero-order chi connectivity index (χ0) is 27.5. The van der Waals surface area contributed by atoms with E-state index in [0.717, 1.165) is 40.6 Å². The summed E-state index contributed by atoms with van der Waals surface area (Å²) in [6.07, 6.45) is 19.5. The van der Waals surface area contributed by atoms with Crippen LogP contribution in [-0.4, -0.2) is 35.7 Å². The summed E-state index contributed by atoms with van der Waals surface area (Å²) in [5.74, 6) is 1.42. The SMILES string of the molecule is C/C=C\C(F)=C/CC.C=CC(=CCC=C(C)C)CSc1cn[nH]c1-c1ccc(-n2cncn2)nc1.CC. The Labute approximate surface area is 225 Å². The van der Waals surface area contributed by atoms with E-state index in [1.165, 1.54) is 23.5 Å². The molecule has 8 heteroatoms. The summed E-state index contributed by atoms with van der Waals surface area (Å²) >= 11 is 1.73. The standard InChI is InChI=1S/C20H22N6S.C7H11F.C2H6/c1-4-16(7-5-6-15(2)3)12-27-18-11-23-25-20(18)17-8-9-19(22-10-17)26-14-21-13-24-26;1-3-5-7(8)6-4-2;1-2/h4,6-11,13-14H,1,5,12H2,2-3H3,(H,23,25);3,5-6H,4H2,1-2H3;1-2H3/b;5-3-,7-6+;. The Balaban J connectivity index is 0.000000586. The van der Waals surface area contributed by atoms with Crippen LogP contribution in [-0.2, 0) is 0 Å². The van der Waals surface area contributed by atoms with E-state index >= 15 is 0 Å². The van der Waals surface area contributed by atoms with Gasteiger partial charge in [-0.05, 0) is 63.5 Å². The van der Waals surface area contributed by atoms with Gasteiger partial charge < -0.3 is 0 Å². The number of thioether (sulfide) groups is 1. The molecule has 0 radical (unpaired) electrons. The van der Waals surface area contributed by atoms with Gasteiger partial charge in [0.15, 0.2) is 5.82 Å². The lowest BCUT2D eigenvalue weighted by molar-refractivity contribution is 0.661. The van der Waals surface area contributed by atoms with Gasteiger partial charge in [0, 0.05) is 17.5 Å². The number of rotatable bonds is 10. The first kappa shape index (κ1) is 31.5. The molecule has 0 aliphatic carbocycles. The van der Waals surface area contributed by atoms with Gasteiger partial charge in [-0.3, -0.25) is 5.10 Å². The average Bonchev–Trinajstić information content (AvgIpc) is 3.61. The number of aromatic nitrogens is 6. The Morgan fingerprint density at radius 2 is 1.95 bits per heavy atom. The van der Waals surface area contributed by atoms with Gasteiger partial charge in [-0.25, -0.2) is 19.0 Å². The number of pyridine rings is 1. The van der Waals surface area contributed by atoms with Crippen molar-refractivity contribution in [3.05, 3.63) is 97.2 Å². The third kappa shape index (κ3) is 11.8. The number of aromatic amines is 1. The van der Waals surface area contributed by atoms with Gasteiger partial charge in [0.05, 0.1) is 16.8 Å². The zero-order valence-corrected chi connectivity index (χ0v) is 23.6. The molecule has 0 atom stereocenters. The van der Waals surface area contributed by atoms with Crippen LogP contribution in [0.15, 0.2) is 102 Å². The van der Waals surface area contributed by atoms with Crippen LogP contribution >= 0.6 is 11.8 Å².